The molecule has 0 aliphatic heterocycles. The lowest BCUT2D eigenvalue weighted by molar-refractivity contribution is -0.205. The monoisotopic (exact) mass is 646 g/mol. The summed E-state index contributed by atoms with van der Waals surface area (Å²) in [5, 5.41) is 8.89. The van der Waals surface area contributed by atoms with Gasteiger partial charge in [-0.25, -0.2) is 19.2 Å². The van der Waals surface area contributed by atoms with E-state index in [2.05, 4.69) is 25.1 Å². The van der Waals surface area contributed by atoms with Gasteiger partial charge in [0.1, 0.15) is 41.3 Å². The van der Waals surface area contributed by atoms with Gasteiger partial charge in [0.2, 0.25) is 0 Å². The minimum atomic E-state index is -5.11. The van der Waals surface area contributed by atoms with Crippen molar-refractivity contribution in [3.63, 3.8) is 0 Å². The fraction of sp³-hybridized carbons (Fsp3) is 0.241. The second-order valence-electron chi connectivity index (χ2n) is 9.95. The number of alkyl halides is 3. The fourth-order valence-corrected chi connectivity index (χ4v) is 6.46. The lowest BCUT2D eigenvalue weighted by Crippen LogP contribution is -2.37. The molecule has 0 radical (unpaired) electrons. The molecule has 1 aliphatic carbocycles. The molecule has 5 aromatic rings. The number of carbonyl (C=O) groups excluding carboxylic acids is 1. The smallest absolute Gasteiger partial charge is 0.487 e. The Morgan fingerprint density at radius 1 is 1.18 bits per heavy atom. The topological polar surface area (TPSA) is 117 Å². The van der Waals surface area contributed by atoms with Crippen molar-refractivity contribution < 1.29 is 31.8 Å². The highest BCUT2D eigenvalue weighted by Crippen LogP contribution is 2.45. The van der Waals surface area contributed by atoms with Gasteiger partial charge in [0.15, 0.2) is 0 Å². The van der Waals surface area contributed by atoms with Crippen LogP contribution in [0.1, 0.15) is 16.8 Å². The molecular formula is C29H23ClF4N6O3S. The van der Waals surface area contributed by atoms with Crippen LogP contribution in [-0.2, 0) is 35.5 Å². The minimum absolute atomic E-state index is 0.108. The first-order valence-electron chi connectivity index (χ1n) is 13.3. The van der Waals surface area contributed by atoms with E-state index in [-0.39, 0.29) is 25.5 Å². The van der Waals surface area contributed by atoms with Gasteiger partial charge in [-0.05, 0) is 54.3 Å². The first-order chi connectivity index (χ1) is 21.1. The number of halogens is 5. The number of esters is 1. The SMILES string of the molecule is NC[C@H](Cn1ncc2c1CCc1c-2sc2ncnc(Nc3ccc(OCc4cccc(F)c4)c(Cl)c3)c12)OC(=O)C(F)(F)F. The first kappa shape index (κ1) is 29.8. The molecule has 3 aromatic heterocycles. The molecule has 3 N–H and O–H groups in total. The molecule has 44 heavy (non-hydrogen) atoms. The van der Waals surface area contributed by atoms with Crippen molar-refractivity contribution >= 4 is 50.6 Å². The van der Waals surface area contributed by atoms with Crippen molar-refractivity contribution in [1.82, 2.24) is 19.7 Å². The minimum Gasteiger partial charge on any atom is -0.487 e. The van der Waals surface area contributed by atoms with Crippen molar-refractivity contribution in [1.29, 1.82) is 0 Å². The van der Waals surface area contributed by atoms with E-state index in [1.54, 1.807) is 36.5 Å². The van der Waals surface area contributed by atoms with E-state index in [4.69, 9.17) is 22.1 Å². The van der Waals surface area contributed by atoms with Gasteiger partial charge in [-0.1, -0.05) is 23.7 Å². The summed E-state index contributed by atoms with van der Waals surface area (Å²) in [6.45, 7) is -0.246. The molecule has 0 saturated heterocycles. The molecule has 3 heterocycles. The second kappa shape index (κ2) is 12.0. The zero-order valence-corrected chi connectivity index (χ0v) is 24.3. The number of thiophene rings is 1. The standard InChI is InChI=1S/C29H23ClF4N6O3S/c30-21-9-17(4-7-23(21)42-13-15-2-1-3-16(31)8-15)39-26-24-19-5-6-22-20(25(19)44-27(24)37-14-36-26)11-38-40(22)12-18(10-35)43-28(41)29(32,33)34/h1-4,7-9,11,14,18H,5-6,10,12-13,35H2,(H,36,37,39)/t18-/m1/s1. The van der Waals surface area contributed by atoms with Gasteiger partial charge in [-0.2, -0.15) is 18.3 Å². The Labute approximate surface area is 256 Å². The van der Waals surface area contributed by atoms with Crippen molar-refractivity contribution in [2.75, 3.05) is 11.9 Å². The first-order valence-corrected chi connectivity index (χ1v) is 14.5. The summed E-state index contributed by atoms with van der Waals surface area (Å²) in [6, 6.07) is 11.3. The van der Waals surface area contributed by atoms with E-state index in [1.165, 1.54) is 34.5 Å². The Bertz CT molecular complexity index is 1860. The van der Waals surface area contributed by atoms with Gasteiger partial charge in [0.05, 0.1) is 23.2 Å². The van der Waals surface area contributed by atoms with Crippen molar-refractivity contribution in [2.45, 2.75) is 38.3 Å². The van der Waals surface area contributed by atoms with Crippen LogP contribution in [0.5, 0.6) is 5.75 Å². The number of nitrogens with one attached hydrogen (secondary N) is 1. The highest BCUT2D eigenvalue weighted by Gasteiger charge is 2.42. The second-order valence-corrected chi connectivity index (χ2v) is 11.4. The Balaban J connectivity index is 1.22. The normalized spacial score (nSPS) is 13.3. The average Bonchev–Trinajstić information content (AvgIpc) is 3.57. The van der Waals surface area contributed by atoms with Crippen LogP contribution in [0.2, 0.25) is 5.02 Å². The molecule has 0 saturated carbocycles. The quantitative estimate of drug-likeness (QED) is 0.144. The molecule has 228 valence electrons. The van der Waals surface area contributed by atoms with Crippen molar-refractivity contribution in [3.8, 4) is 16.2 Å². The Morgan fingerprint density at radius 3 is 2.77 bits per heavy atom. The number of nitrogens with two attached hydrogens (primary N) is 1. The van der Waals surface area contributed by atoms with Gasteiger partial charge in [0, 0.05) is 28.4 Å². The lowest BCUT2D eigenvalue weighted by Gasteiger charge is -2.20. The predicted octanol–water partition coefficient (Wildman–Crippen LogP) is 6.20. The van der Waals surface area contributed by atoms with Crippen LogP contribution in [0.25, 0.3) is 20.7 Å². The predicted molar refractivity (Wildman–Crippen MR) is 157 cm³/mol. The van der Waals surface area contributed by atoms with Crippen molar-refractivity contribution in [3.05, 3.63) is 82.6 Å². The number of ether oxygens (including phenoxy) is 2. The summed E-state index contributed by atoms with van der Waals surface area (Å²) in [6.07, 6.45) is -2.07. The molecule has 0 unspecified atom stereocenters. The van der Waals surface area contributed by atoms with E-state index < -0.39 is 18.2 Å². The number of aromatic nitrogens is 4. The molecule has 0 bridgehead atoms. The molecule has 0 fully saturated rings. The fourth-order valence-electron chi connectivity index (χ4n) is 5.00. The van der Waals surface area contributed by atoms with Crippen molar-refractivity contribution in [2.24, 2.45) is 5.73 Å². The highest BCUT2D eigenvalue weighted by atomic mass is 35.5. The third-order valence-electron chi connectivity index (χ3n) is 7.01. The number of benzene rings is 2. The summed E-state index contributed by atoms with van der Waals surface area (Å²) in [7, 11) is 0. The van der Waals surface area contributed by atoms with Crippen LogP contribution in [0, 0.1) is 5.82 Å². The molecule has 0 spiro atoms. The number of hydrogen-bond donors (Lipinski definition) is 2. The van der Waals surface area contributed by atoms with E-state index in [0.29, 0.717) is 40.7 Å². The van der Waals surface area contributed by atoms with E-state index in [0.717, 1.165) is 31.9 Å². The van der Waals surface area contributed by atoms with E-state index in [1.807, 2.05) is 0 Å². The summed E-state index contributed by atoms with van der Waals surface area (Å²) >= 11 is 7.94. The zero-order valence-electron chi connectivity index (χ0n) is 22.7. The number of aryl methyl sites for hydroxylation is 1. The van der Waals surface area contributed by atoms with Crippen LogP contribution >= 0.6 is 22.9 Å². The van der Waals surface area contributed by atoms with Gasteiger partial charge in [-0.15, -0.1) is 11.3 Å². The number of nitrogens with zero attached hydrogens (tertiary/aromatic N) is 4. The Morgan fingerprint density at radius 2 is 2.02 bits per heavy atom. The summed E-state index contributed by atoms with van der Waals surface area (Å²) in [5.74, 6) is -1.61. The molecule has 15 heteroatoms. The van der Waals surface area contributed by atoms with Gasteiger partial charge in [0.25, 0.3) is 0 Å². The maximum atomic E-state index is 13.5. The number of carbonyl (C=O) groups is 1. The molecule has 0 amide bonds. The maximum absolute atomic E-state index is 13.5. The average molecular weight is 647 g/mol. The zero-order chi connectivity index (χ0) is 31.0. The van der Waals surface area contributed by atoms with E-state index in [9.17, 15) is 22.4 Å². The molecule has 1 atom stereocenters. The lowest BCUT2D eigenvalue weighted by atomic mass is 9.95. The molecular weight excluding hydrogens is 624 g/mol. The summed E-state index contributed by atoms with van der Waals surface area (Å²) < 4.78 is 63.4. The van der Waals surface area contributed by atoms with Crippen LogP contribution in [0.3, 0.4) is 0 Å². The van der Waals surface area contributed by atoms with Crippen LogP contribution < -0.4 is 15.8 Å². The van der Waals surface area contributed by atoms with E-state index >= 15 is 0 Å². The van der Waals surface area contributed by atoms with Gasteiger partial charge < -0.3 is 20.5 Å². The Hall–Kier alpha value is -4.27. The number of fused-ring (bicyclic) bond motifs is 5. The summed E-state index contributed by atoms with van der Waals surface area (Å²) in [5.41, 5.74) is 9.56. The maximum Gasteiger partial charge on any atom is 0.490 e. The molecule has 6 rings (SSSR count). The van der Waals surface area contributed by atoms with Gasteiger partial charge in [-0.3, -0.25) is 4.68 Å². The number of anilines is 2. The number of rotatable bonds is 9. The van der Waals surface area contributed by atoms with Gasteiger partial charge >= 0.3 is 12.1 Å². The van der Waals surface area contributed by atoms with Crippen LogP contribution in [0.15, 0.2) is 55.0 Å². The third kappa shape index (κ3) is 6.05. The van der Waals surface area contributed by atoms with Crippen LogP contribution in [-0.4, -0.2) is 44.5 Å². The highest BCUT2D eigenvalue weighted by molar-refractivity contribution is 7.22. The summed E-state index contributed by atoms with van der Waals surface area (Å²) in [4.78, 5) is 21.9. The molecule has 1 aliphatic rings. The third-order valence-corrected chi connectivity index (χ3v) is 8.48. The largest absolute Gasteiger partial charge is 0.490 e. The molecule has 9 nitrogen and oxygen atoms in total. The number of hydrogen-bond acceptors (Lipinski definition) is 9. The molecule has 2 aromatic carbocycles. The van der Waals surface area contributed by atoms with Crippen LogP contribution in [0.4, 0.5) is 29.1 Å². The Kier molecular flexibility index (Phi) is 8.14.